The van der Waals surface area contributed by atoms with Crippen LogP contribution in [0.25, 0.3) is 0 Å². The highest BCUT2D eigenvalue weighted by molar-refractivity contribution is 5.44. The summed E-state index contributed by atoms with van der Waals surface area (Å²) in [7, 11) is 0. The van der Waals surface area contributed by atoms with Crippen LogP contribution in [0.3, 0.4) is 0 Å². The Morgan fingerprint density at radius 1 is 0.762 bits per heavy atom. The van der Waals surface area contributed by atoms with Crippen LogP contribution >= 0.6 is 0 Å². The lowest BCUT2D eigenvalue weighted by molar-refractivity contribution is 0.119. The van der Waals surface area contributed by atoms with Gasteiger partial charge in [-0.1, -0.05) is 36.0 Å². The van der Waals surface area contributed by atoms with Gasteiger partial charge in [0.15, 0.2) is 0 Å². The summed E-state index contributed by atoms with van der Waals surface area (Å²) in [6, 6.07) is 0. The predicted octanol–water partition coefficient (Wildman–Crippen LogP) is 5.43. The van der Waals surface area contributed by atoms with Crippen molar-refractivity contribution in [3.8, 4) is 0 Å². The molecule has 0 heterocycles. The quantitative estimate of drug-likeness (QED) is 0.591. The summed E-state index contributed by atoms with van der Waals surface area (Å²) in [5, 5.41) is 0. The highest BCUT2D eigenvalue weighted by Crippen LogP contribution is 2.75. The Morgan fingerprint density at radius 2 is 1.57 bits per heavy atom. The number of hydrogen-bond acceptors (Lipinski definition) is 0. The molecule has 0 aliphatic heterocycles. The molecule has 3 saturated carbocycles. The van der Waals surface area contributed by atoms with Gasteiger partial charge in [0.05, 0.1) is 0 Å². The average Bonchev–Trinajstić information content (AvgIpc) is 3.35. The molecule has 0 N–H and O–H groups in total. The predicted molar refractivity (Wildman–Crippen MR) is 85.7 cm³/mol. The second-order valence-electron chi connectivity index (χ2n) is 9.20. The molecule has 21 heavy (non-hydrogen) atoms. The van der Waals surface area contributed by atoms with Crippen LogP contribution in [0.15, 0.2) is 36.0 Å². The van der Waals surface area contributed by atoms with Crippen LogP contribution in [-0.2, 0) is 0 Å². The van der Waals surface area contributed by atoms with Crippen LogP contribution in [0.1, 0.15) is 57.8 Å². The molecule has 0 heteroatoms. The summed E-state index contributed by atoms with van der Waals surface area (Å²) in [4.78, 5) is 0. The first kappa shape index (κ1) is 11.7. The SMILES string of the molecule is C1=CC2(C3=CC4CCC3(C35C=CC(CC3)C5)C4)CCC1C2. The van der Waals surface area contributed by atoms with Gasteiger partial charge in [0, 0.05) is 10.8 Å². The van der Waals surface area contributed by atoms with E-state index in [1.165, 1.54) is 57.8 Å². The molecule has 0 amide bonds. The monoisotopic (exact) mass is 278 g/mol. The molecule has 0 aromatic rings. The van der Waals surface area contributed by atoms with Gasteiger partial charge in [-0.3, -0.25) is 0 Å². The van der Waals surface area contributed by atoms with Crippen molar-refractivity contribution >= 4 is 0 Å². The summed E-state index contributed by atoms with van der Waals surface area (Å²) >= 11 is 0. The molecule has 0 aromatic heterocycles. The van der Waals surface area contributed by atoms with E-state index in [2.05, 4.69) is 30.4 Å². The van der Waals surface area contributed by atoms with E-state index in [1.807, 2.05) is 5.57 Å². The zero-order valence-electron chi connectivity index (χ0n) is 13.0. The first-order valence-electron chi connectivity index (χ1n) is 9.35. The second kappa shape index (κ2) is 3.42. The van der Waals surface area contributed by atoms with Gasteiger partial charge in [-0.2, -0.15) is 0 Å². The molecule has 6 aliphatic carbocycles. The Morgan fingerprint density at radius 3 is 2.14 bits per heavy atom. The van der Waals surface area contributed by atoms with Crippen molar-refractivity contribution in [2.45, 2.75) is 57.8 Å². The van der Waals surface area contributed by atoms with Crippen molar-refractivity contribution in [2.24, 2.45) is 34.0 Å². The second-order valence-corrected chi connectivity index (χ2v) is 9.20. The third-order valence-corrected chi connectivity index (χ3v) is 8.51. The fourth-order valence-corrected chi connectivity index (χ4v) is 7.66. The van der Waals surface area contributed by atoms with Crippen LogP contribution in [0.5, 0.6) is 0 Å². The maximum atomic E-state index is 2.79. The largest absolute Gasteiger partial charge is 0.0848 e. The average molecular weight is 278 g/mol. The van der Waals surface area contributed by atoms with Gasteiger partial charge in [0.1, 0.15) is 0 Å². The van der Waals surface area contributed by atoms with Crippen LogP contribution in [0, 0.1) is 34.0 Å². The van der Waals surface area contributed by atoms with Gasteiger partial charge in [-0.15, -0.1) is 0 Å². The number of allylic oxidation sites excluding steroid dienone is 6. The molecule has 110 valence electrons. The minimum absolute atomic E-state index is 0.503. The summed E-state index contributed by atoms with van der Waals surface area (Å²) in [5.41, 5.74) is 3.58. The Balaban J connectivity index is 1.51. The normalized spacial score (nSPS) is 58.7. The molecular weight excluding hydrogens is 252 g/mol. The van der Waals surface area contributed by atoms with E-state index in [1.54, 1.807) is 0 Å². The molecule has 0 aromatic carbocycles. The summed E-state index contributed by atoms with van der Waals surface area (Å²) < 4.78 is 0. The van der Waals surface area contributed by atoms with Gasteiger partial charge in [-0.25, -0.2) is 0 Å². The lowest BCUT2D eigenvalue weighted by Gasteiger charge is -2.50. The Bertz CT molecular complexity index is 608. The summed E-state index contributed by atoms with van der Waals surface area (Å²) in [5.74, 6) is 2.76. The molecule has 6 unspecified atom stereocenters. The highest BCUT2D eigenvalue weighted by Gasteiger charge is 2.65. The number of rotatable bonds is 2. The highest BCUT2D eigenvalue weighted by atomic mass is 14.7. The van der Waals surface area contributed by atoms with Gasteiger partial charge in [-0.05, 0) is 81.0 Å². The smallest absolute Gasteiger partial charge is 0.0103 e. The third kappa shape index (κ3) is 1.19. The van der Waals surface area contributed by atoms with Crippen molar-refractivity contribution < 1.29 is 0 Å². The van der Waals surface area contributed by atoms with Crippen molar-refractivity contribution in [3.05, 3.63) is 36.0 Å². The zero-order valence-corrected chi connectivity index (χ0v) is 13.0. The van der Waals surface area contributed by atoms with Gasteiger partial charge >= 0.3 is 0 Å². The van der Waals surface area contributed by atoms with Crippen molar-refractivity contribution in [2.75, 3.05) is 0 Å². The van der Waals surface area contributed by atoms with Crippen LogP contribution in [0.4, 0.5) is 0 Å². The minimum Gasteiger partial charge on any atom is -0.0848 e. The molecular formula is C21H26. The molecule has 0 nitrogen and oxygen atoms in total. The van der Waals surface area contributed by atoms with E-state index in [0.717, 1.165) is 17.8 Å². The van der Waals surface area contributed by atoms with E-state index >= 15 is 0 Å². The minimum atomic E-state index is 0.503. The zero-order chi connectivity index (χ0) is 13.7. The lowest BCUT2D eigenvalue weighted by Crippen LogP contribution is -2.41. The fourth-order valence-electron chi connectivity index (χ4n) is 7.66. The Kier molecular flexibility index (Phi) is 1.91. The number of fused-ring (bicyclic) bond motifs is 7. The van der Waals surface area contributed by atoms with Crippen molar-refractivity contribution in [1.82, 2.24) is 0 Å². The third-order valence-electron chi connectivity index (χ3n) is 8.51. The maximum Gasteiger partial charge on any atom is 0.0103 e. The molecule has 6 bridgehead atoms. The van der Waals surface area contributed by atoms with Crippen LogP contribution in [0.2, 0.25) is 0 Å². The molecule has 6 rings (SSSR count). The first-order valence-corrected chi connectivity index (χ1v) is 9.35. The lowest BCUT2D eigenvalue weighted by atomic mass is 9.54. The Hall–Kier alpha value is -0.780. The van der Waals surface area contributed by atoms with Gasteiger partial charge < -0.3 is 0 Å². The molecule has 3 fully saturated rings. The topological polar surface area (TPSA) is 0 Å². The van der Waals surface area contributed by atoms with Crippen LogP contribution in [-0.4, -0.2) is 0 Å². The van der Waals surface area contributed by atoms with Crippen molar-refractivity contribution in [1.29, 1.82) is 0 Å². The van der Waals surface area contributed by atoms with E-state index in [9.17, 15) is 0 Å². The van der Waals surface area contributed by atoms with E-state index in [-0.39, 0.29) is 0 Å². The maximum absolute atomic E-state index is 2.79. The van der Waals surface area contributed by atoms with Gasteiger partial charge in [0.25, 0.3) is 0 Å². The van der Waals surface area contributed by atoms with Crippen LogP contribution < -0.4 is 0 Å². The van der Waals surface area contributed by atoms with Crippen molar-refractivity contribution in [3.63, 3.8) is 0 Å². The van der Waals surface area contributed by atoms with E-state index in [4.69, 9.17) is 0 Å². The Labute approximate surface area is 128 Å². The fraction of sp³-hybridized carbons (Fsp3) is 0.714. The molecule has 6 aliphatic rings. The molecule has 0 spiro atoms. The molecule has 0 saturated heterocycles. The van der Waals surface area contributed by atoms with E-state index < -0.39 is 0 Å². The first-order chi connectivity index (χ1) is 10.2. The molecule has 6 atom stereocenters. The molecule has 0 radical (unpaired) electrons. The summed E-state index contributed by atoms with van der Waals surface area (Å²) in [6.07, 6.45) is 26.6. The standard InChI is InChI=1S/C21H26/c1-6-19(7-2-15(1)12-19)18-11-17-5-10-21(18,14-17)20-8-3-16(13-20)4-9-20/h1,3,6,8,11,15-17H,2,4-5,7,9-10,12-14H2. The summed E-state index contributed by atoms with van der Waals surface area (Å²) in [6.45, 7) is 0. The van der Waals surface area contributed by atoms with E-state index in [0.29, 0.717) is 16.2 Å². The number of hydrogen-bond donors (Lipinski definition) is 0. The van der Waals surface area contributed by atoms with Gasteiger partial charge in [0.2, 0.25) is 0 Å².